The summed E-state index contributed by atoms with van der Waals surface area (Å²) in [4.78, 5) is 0. The van der Waals surface area contributed by atoms with Crippen LogP contribution in [0.1, 0.15) is 80.6 Å². The van der Waals surface area contributed by atoms with Crippen molar-refractivity contribution in [1.29, 1.82) is 0 Å². The molecule has 0 aliphatic carbocycles. The van der Waals surface area contributed by atoms with Crippen molar-refractivity contribution in [3.05, 3.63) is 34.6 Å². The van der Waals surface area contributed by atoms with E-state index in [1.165, 1.54) is 42.5 Å². The molecule has 0 atom stereocenters. The standard InChI is InChI=1S/C19H36NSi2.2C4H8O.Al.Li.3H/c1-14(2)16-12-11-13-17(15(3)4)18(16)20-19(21(5,6)7)22(8,9)10;2*1-2-4-5-3-1;;;;;/h11-15,19H,1-10H3;2*1-4H2;;;;;/q-1;;;+3;+1;3*-1. The van der Waals surface area contributed by atoms with Crippen LogP contribution in [0.25, 0.3) is 5.32 Å². The third kappa shape index (κ3) is 13.7. The van der Waals surface area contributed by atoms with Crippen molar-refractivity contribution >= 4 is 39.2 Å². The molecule has 34 heavy (non-hydrogen) atoms. The van der Waals surface area contributed by atoms with E-state index in [2.05, 4.69) is 85.2 Å². The Hall–Kier alpha value is 0.504. The largest absolute Gasteiger partial charge is 3.00 e. The van der Waals surface area contributed by atoms with Crippen LogP contribution in [0.5, 0.6) is 0 Å². The second kappa shape index (κ2) is 17.9. The Morgan fingerprint density at radius 3 is 1.24 bits per heavy atom. The van der Waals surface area contributed by atoms with Crippen molar-refractivity contribution in [1.82, 2.24) is 0 Å². The van der Waals surface area contributed by atoms with Crippen LogP contribution < -0.4 is 18.9 Å². The molecule has 0 saturated carbocycles. The molecule has 0 unspecified atom stereocenters. The van der Waals surface area contributed by atoms with Crippen LogP contribution in [0.4, 0.5) is 5.69 Å². The van der Waals surface area contributed by atoms with E-state index < -0.39 is 16.1 Å². The summed E-state index contributed by atoms with van der Waals surface area (Å²) in [6, 6.07) is 6.77. The molecule has 2 fully saturated rings. The van der Waals surface area contributed by atoms with Gasteiger partial charge in [0.1, 0.15) is 0 Å². The maximum atomic E-state index is 5.47. The Morgan fingerprint density at radius 1 is 0.706 bits per heavy atom. The van der Waals surface area contributed by atoms with Gasteiger partial charge in [-0.2, -0.15) is 0 Å². The number of hydrogen-bond acceptors (Lipinski definition) is 2. The smallest absolute Gasteiger partial charge is 1.00 e. The van der Waals surface area contributed by atoms with Crippen molar-refractivity contribution in [2.75, 3.05) is 26.4 Å². The van der Waals surface area contributed by atoms with Crippen molar-refractivity contribution in [3.8, 4) is 0 Å². The number of nitrogens with zero attached hydrogens (tertiary/aromatic N) is 1. The summed E-state index contributed by atoms with van der Waals surface area (Å²) < 4.78 is 9.89. The minimum Gasteiger partial charge on any atom is -1.00 e. The van der Waals surface area contributed by atoms with Crippen LogP contribution in [0.2, 0.25) is 39.3 Å². The predicted octanol–water partition coefficient (Wildman–Crippen LogP) is 5.62. The van der Waals surface area contributed by atoms with Gasteiger partial charge in [0, 0.05) is 42.6 Å². The average Bonchev–Trinajstić information content (AvgIpc) is 3.42. The van der Waals surface area contributed by atoms with E-state index in [4.69, 9.17) is 14.8 Å². The fraction of sp³-hybridized carbons (Fsp3) is 0.778. The molecule has 3 nitrogen and oxygen atoms in total. The van der Waals surface area contributed by atoms with E-state index in [9.17, 15) is 0 Å². The number of benzene rings is 1. The van der Waals surface area contributed by atoms with Crippen LogP contribution >= 0.6 is 0 Å². The number of para-hydroxylation sites is 1. The molecule has 0 N–H and O–H groups in total. The van der Waals surface area contributed by atoms with Gasteiger partial charge in [0.2, 0.25) is 0 Å². The first-order valence-electron chi connectivity index (χ1n) is 12.8. The number of ether oxygens (including phenoxy) is 2. The average molecular weight is 516 g/mol. The molecule has 3 rings (SSSR count). The zero-order valence-corrected chi connectivity index (χ0v) is 27.6. The summed E-state index contributed by atoms with van der Waals surface area (Å²) in [5.41, 5.74) is 4.16. The van der Waals surface area contributed by atoms with Gasteiger partial charge in [-0.05, 0) is 37.5 Å². The van der Waals surface area contributed by atoms with Crippen molar-refractivity contribution < 1.29 is 32.6 Å². The molecule has 192 valence electrons. The van der Waals surface area contributed by atoms with Crippen LogP contribution in [-0.4, -0.2) is 65.2 Å². The zero-order valence-electron chi connectivity index (χ0n) is 27.5. The molecule has 0 radical (unpaired) electrons. The molecule has 0 amide bonds. The van der Waals surface area contributed by atoms with Gasteiger partial charge in [0.15, 0.2) is 0 Å². The monoisotopic (exact) mass is 515 g/mol. The van der Waals surface area contributed by atoms with E-state index in [-0.39, 0.29) is 40.5 Å². The van der Waals surface area contributed by atoms with Crippen LogP contribution in [0.3, 0.4) is 0 Å². The van der Waals surface area contributed by atoms with Gasteiger partial charge in [-0.1, -0.05) is 96.3 Å². The Kier molecular flexibility index (Phi) is 19.3. The number of hydrogen-bond donors (Lipinski definition) is 0. The quantitative estimate of drug-likeness (QED) is 0.461. The second-order valence-electron chi connectivity index (χ2n) is 12.0. The van der Waals surface area contributed by atoms with Crippen molar-refractivity contribution in [2.45, 2.75) is 110 Å². The minimum atomic E-state index is -1.33. The molecule has 2 aliphatic heterocycles. The van der Waals surface area contributed by atoms with E-state index in [1.807, 2.05) is 0 Å². The maximum Gasteiger partial charge on any atom is 3.00 e. The molecular weight excluding hydrogens is 460 g/mol. The van der Waals surface area contributed by atoms with Crippen molar-refractivity contribution in [3.63, 3.8) is 0 Å². The third-order valence-electron chi connectivity index (χ3n) is 5.90. The van der Waals surface area contributed by atoms with Gasteiger partial charge in [-0.25, -0.2) is 0 Å². The fourth-order valence-electron chi connectivity index (χ4n) is 4.50. The van der Waals surface area contributed by atoms with Gasteiger partial charge in [-0.15, -0.1) is 11.0 Å². The molecule has 0 spiro atoms. The molecule has 0 aromatic heterocycles. The SMILES string of the molecule is C1CCOC1.C1CCOC1.CC(C)c1cccc(C(C)C)c1[N-]C([Si](C)(C)C)[Si](C)(C)C.[Al+3].[H-].[H-].[H-].[Li+]. The molecule has 2 saturated heterocycles. The van der Waals surface area contributed by atoms with Gasteiger partial charge < -0.3 is 19.1 Å². The van der Waals surface area contributed by atoms with Gasteiger partial charge >= 0.3 is 36.2 Å². The van der Waals surface area contributed by atoms with Gasteiger partial charge in [0.05, 0.1) is 0 Å². The zero-order chi connectivity index (χ0) is 24.4. The predicted molar refractivity (Wildman–Crippen MR) is 157 cm³/mol. The Bertz CT molecular complexity index is 603. The first-order valence-corrected chi connectivity index (χ1v) is 20.0. The summed E-state index contributed by atoms with van der Waals surface area (Å²) in [5, 5.41) is 6.03. The summed E-state index contributed by atoms with van der Waals surface area (Å²) in [7, 11) is -2.65. The van der Waals surface area contributed by atoms with E-state index in [1.54, 1.807) is 0 Å². The number of rotatable bonds is 6. The van der Waals surface area contributed by atoms with E-state index in [0.29, 0.717) is 17.1 Å². The molecule has 1 aromatic carbocycles. The van der Waals surface area contributed by atoms with E-state index in [0.717, 1.165) is 26.4 Å². The summed E-state index contributed by atoms with van der Waals surface area (Å²) >= 11 is 0. The normalized spacial score (nSPS) is 15.7. The van der Waals surface area contributed by atoms with Crippen LogP contribution in [-0.2, 0) is 9.47 Å². The molecule has 0 bridgehead atoms. The first-order chi connectivity index (χ1) is 14.9. The maximum absolute atomic E-state index is 5.47. The first kappa shape index (κ1) is 36.7. The van der Waals surface area contributed by atoms with E-state index >= 15 is 0 Å². The van der Waals surface area contributed by atoms with Gasteiger partial charge in [0.25, 0.3) is 0 Å². The second-order valence-corrected chi connectivity index (χ2v) is 23.1. The molecule has 2 aliphatic rings. The van der Waals surface area contributed by atoms with Crippen LogP contribution in [0, 0.1) is 0 Å². The molecule has 1 aromatic rings. The minimum absolute atomic E-state index is 0. The topological polar surface area (TPSA) is 32.6 Å². The summed E-state index contributed by atoms with van der Waals surface area (Å²) in [5.74, 6) is 1.06. The van der Waals surface area contributed by atoms with Gasteiger partial charge in [-0.3, -0.25) is 0 Å². The third-order valence-corrected chi connectivity index (χ3v) is 14.6. The molecule has 7 heteroatoms. The summed E-state index contributed by atoms with van der Waals surface area (Å²) in [6.45, 7) is 28.0. The molecule has 2 heterocycles. The van der Waals surface area contributed by atoms with Crippen molar-refractivity contribution in [2.24, 2.45) is 0 Å². The molecular formula is C27H55AlLiNO2Si2. The summed E-state index contributed by atoms with van der Waals surface area (Å²) in [6.07, 6.45) is 5.11. The fourth-order valence-corrected chi connectivity index (χ4v) is 15.9. The Labute approximate surface area is 241 Å². The Balaban J connectivity index is -0.000000190. The Morgan fingerprint density at radius 2 is 1.03 bits per heavy atom. The van der Waals surface area contributed by atoms with Crippen LogP contribution in [0.15, 0.2) is 18.2 Å².